The molecule has 0 bridgehead atoms. The lowest BCUT2D eigenvalue weighted by molar-refractivity contribution is -0.384. The van der Waals surface area contributed by atoms with E-state index >= 15 is 0 Å². The minimum absolute atomic E-state index is 0.0385. The minimum Gasteiger partial charge on any atom is -0.382 e. The zero-order valence-corrected chi connectivity index (χ0v) is 12.0. The molecular formula is C14H22N4O2. The molecule has 110 valence electrons. The second-order valence-corrected chi connectivity index (χ2v) is 6.10. The summed E-state index contributed by atoms with van der Waals surface area (Å²) in [5, 5.41) is 14.4. The molecule has 2 rings (SSSR count). The van der Waals surface area contributed by atoms with Crippen molar-refractivity contribution in [1.29, 1.82) is 0 Å². The molecule has 0 heterocycles. The van der Waals surface area contributed by atoms with Crippen molar-refractivity contribution < 1.29 is 4.92 Å². The van der Waals surface area contributed by atoms with Gasteiger partial charge in [-0.05, 0) is 24.3 Å². The average Bonchev–Trinajstić information content (AvgIpc) is 2.40. The van der Waals surface area contributed by atoms with Crippen LogP contribution >= 0.6 is 0 Å². The first kappa shape index (κ1) is 14.6. The van der Waals surface area contributed by atoms with Crippen molar-refractivity contribution in [2.45, 2.75) is 45.6 Å². The number of nitrogens with zero attached hydrogens (tertiary/aromatic N) is 1. The van der Waals surface area contributed by atoms with E-state index in [1.807, 2.05) is 0 Å². The van der Waals surface area contributed by atoms with E-state index in [-0.39, 0.29) is 11.1 Å². The quantitative estimate of drug-likeness (QED) is 0.446. The molecule has 0 spiro atoms. The van der Waals surface area contributed by atoms with Crippen LogP contribution in [0.1, 0.15) is 39.5 Å². The number of nitro groups is 1. The normalized spacial score (nSPS) is 21.2. The smallest absolute Gasteiger partial charge is 0.273 e. The maximum Gasteiger partial charge on any atom is 0.273 e. The zero-order valence-electron chi connectivity index (χ0n) is 12.0. The van der Waals surface area contributed by atoms with E-state index < -0.39 is 4.92 Å². The SMILES string of the molecule is CC1(C)CCCCC1Nc1cc(NN)cc([N+](=O)[O-])c1. The van der Waals surface area contributed by atoms with Gasteiger partial charge in [0.1, 0.15) is 0 Å². The number of nitrogens with one attached hydrogen (secondary N) is 2. The van der Waals surface area contributed by atoms with E-state index in [1.165, 1.54) is 25.3 Å². The molecule has 6 heteroatoms. The van der Waals surface area contributed by atoms with Gasteiger partial charge in [0.2, 0.25) is 0 Å². The fourth-order valence-corrected chi connectivity index (χ4v) is 2.85. The van der Waals surface area contributed by atoms with Gasteiger partial charge < -0.3 is 10.7 Å². The Morgan fingerprint density at radius 2 is 2.00 bits per heavy atom. The Morgan fingerprint density at radius 3 is 2.60 bits per heavy atom. The lowest BCUT2D eigenvalue weighted by atomic mass is 9.73. The highest BCUT2D eigenvalue weighted by molar-refractivity contribution is 5.63. The third-order valence-electron chi connectivity index (χ3n) is 4.14. The maximum absolute atomic E-state index is 11.0. The van der Waals surface area contributed by atoms with Crippen LogP contribution in [-0.2, 0) is 0 Å². The number of hydrazine groups is 1. The Hall–Kier alpha value is -1.82. The minimum atomic E-state index is -0.405. The van der Waals surface area contributed by atoms with E-state index in [4.69, 9.17) is 5.84 Å². The van der Waals surface area contributed by atoms with Crippen LogP contribution in [-0.4, -0.2) is 11.0 Å². The highest BCUT2D eigenvalue weighted by Gasteiger charge is 2.32. The van der Waals surface area contributed by atoms with Gasteiger partial charge in [0.15, 0.2) is 0 Å². The molecule has 6 nitrogen and oxygen atoms in total. The maximum atomic E-state index is 11.0. The number of nitrogen functional groups attached to an aromatic ring is 1. The molecule has 1 saturated carbocycles. The van der Waals surface area contributed by atoms with Crippen LogP contribution in [0, 0.1) is 15.5 Å². The van der Waals surface area contributed by atoms with Gasteiger partial charge in [-0.2, -0.15) is 0 Å². The number of benzene rings is 1. The third-order valence-corrected chi connectivity index (χ3v) is 4.14. The number of nitro benzene ring substituents is 1. The third kappa shape index (κ3) is 3.19. The molecule has 0 saturated heterocycles. The van der Waals surface area contributed by atoms with E-state index in [9.17, 15) is 10.1 Å². The lowest BCUT2D eigenvalue weighted by Gasteiger charge is -2.39. The van der Waals surface area contributed by atoms with E-state index in [0.29, 0.717) is 11.7 Å². The van der Waals surface area contributed by atoms with Gasteiger partial charge in [0, 0.05) is 23.9 Å². The lowest BCUT2D eigenvalue weighted by Crippen LogP contribution is -2.38. The van der Waals surface area contributed by atoms with Crippen LogP contribution in [0.25, 0.3) is 0 Å². The fraction of sp³-hybridized carbons (Fsp3) is 0.571. The van der Waals surface area contributed by atoms with Crippen LogP contribution in [0.2, 0.25) is 0 Å². The molecule has 1 aliphatic rings. The second-order valence-electron chi connectivity index (χ2n) is 6.10. The molecule has 0 radical (unpaired) electrons. The van der Waals surface area contributed by atoms with Gasteiger partial charge in [0.05, 0.1) is 10.6 Å². The topological polar surface area (TPSA) is 93.2 Å². The Bertz CT molecular complexity index is 502. The first-order valence-corrected chi connectivity index (χ1v) is 6.95. The van der Waals surface area contributed by atoms with Crippen LogP contribution < -0.4 is 16.6 Å². The van der Waals surface area contributed by atoms with Gasteiger partial charge in [-0.3, -0.25) is 16.0 Å². The molecule has 1 unspecified atom stereocenters. The van der Waals surface area contributed by atoms with E-state index in [0.717, 1.165) is 12.1 Å². The standard InChI is InChI=1S/C14H22N4O2/c1-14(2)6-4-3-5-13(14)16-10-7-11(17-15)9-12(8-10)18(19)20/h7-9,13,16-17H,3-6,15H2,1-2H3. The summed E-state index contributed by atoms with van der Waals surface area (Å²) in [6, 6.07) is 5.12. The van der Waals surface area contributed by atoms with Gasteiger partial charge >= 0.3 is 0 Å². The summed E-state index contributed by atoms with van der Waals surface area (Å²) in [5.41, 5.74) is 3.99. The molecule has 20 heavy (non-hydrogen) atoms. The molecule has 0 aliphatic heterocycles. The van der Waals surface area contributed by atoms with Crippen molar-refractivity contribution in [3.63, 3.8) is 0 Å². The van der Waals surface area contributed by atoms with E-state index in [1.54, 1.807) is 12.1 Å². The highest BCUT2D eigenvalue weighted by atomic mass is 16.6. The van der Waals surface area contributed by atoms with Gasteiger partial charge in [-0.1, -0.05) is 26.7 Å². The summed E-state index contributed by atoms with van der Waals surface area (Å²) in [5.74, 6) is 5.37. The van der Waals surface area contributed by atoms with Crippen molar-refractivity contribution in [2.24, 2.45) is 11.3 Å². The van der Waals surface area contributed by atoms with E-state index in [2.05, 4.69) is 24.6 Å². The molecule has 1 fully saturated rings. The first-order valence-electron chi connectivity index (χ1n) is 6.95. The Kier molecular flexibility index (Phi) is 4.13. The summed E-state index contributed by atoms with van der Waals surface area (Å²) >= 11 is 0. The van der Waals surface area contributed by atoms with Crippen LogP contribution in [0.3, 0.4) is 0 Å². The van der Waals surface area contributed by atoms with Crippen molar-refractivity contribution in [1.82, 2.24) is 0 Å². The largest absolute Gasteiger partial charge is 0.382 e. The van der Waals surface area contributed by atoms with Crippen LogP contribution in [0.15, 0.2) is 18.2 Å². The number of anilines is 2. The number of rotatable bonds is 4. The van der Waals surface area contributed by atoms with Gasteiger partial charge in [-0.15, -0.1) is 0 Å². The monoisotopic (exact) mass is 278 g/mol. The number of hydrogen-bond acceptors (Lipinski definition) is 5. The van der Waals surface area contributed by atoms with Crippen LogP contribution in [0.4, 0.5) is 17.1 Å². The molecule has 1 aromatic rings. The average molecular weight is 278 g/mol. The Balaban J connectivity index is 2.23. The summed E-state index contributed by atoms with van der Waals surface area (Å²) in [6.45, 7) is 4.48. The van der Waals surface area contributed by atoms with Crippen molar-refractivity contribution in [2.75, 3.05) is 10.7 Å². The molecule has 0 amide bonds. The molecule has 4 N–H and O–H groups in total. The summed E-state index contributed by atoms with van der Waals surface area (Å²) in [7, 11) is 0. The predicted molar refractivity (Wildman–Crippen MR) is 80.6 cm³/mol. The predicted octanol–water partition coefficient (Wildman–Crippen LogP) is 3.26. The molecular weight excluding hydrogens is 256 g/mol. The number of non-ortho nitro benzene ring substituents is 1. The zero-order chi connectivity index (χ0) is 14.8. The molecule has 1 atom stereocenters. The Morgan fingerprint density at radius 1 is 1.30 bits per heavy atom. The summed E-state index contributed by atoms with van der Waals surface area (Å²) in [4.78, 5) is 10.5. The first-order chi connectivity index (χ1) is 9.42. The molecule has 1 aliphatic carbocycles. The Labute approximate surface area is 118 Å². The van der Waals surface area contributed by atoms with Crippen molar-refractivity contribution in [3.8, 4) is 0 Å². The second kappa shape index (κ2) is 5.66. The fourth-order valence-electron chi connectivity index (χ4n) is 2.85. The van der Waals surface area contributed by atoms with Gasteiger partial charge in [0.25, 0.3) is 5.69 Å². The number of hydrogen-bond donors (Lipinski definition) is 3. The summed E-state index contributed by atoms with van der Waals surface area (Å²) in [6.07, 6.45) is 4.69. The molecule has 1 aromatic carbocycles. The van der Waals surface area contributed by atoms with Crippen LogP contribution in [0.5, 0.6) is 0 Å². The number of nitrogens with two attached hydrogens (primary N) is 1. The molecule has 0 aromatic heterocycles. The van der Waals surface area contributed by atoms with Gasteiger partial charge in [-0.25, -0.2) is 0 Å². The highest BCUT2D eigenvalue weighted by Crippen LogP contribution is 2.38. The summed E-state index contributed by atoms with van der Waals surface area (Å²) < 4.78 is 0. The van der Waals surface area contributed by atoms with Crippen molar-refractivity contribution >= 4 is 17.1 Å². The van der Waals surface area contributed by atoms with Crippen molar-refractivity contribution in [3.05, 3.63) is 28.3 Å².